The van der Waals surface area contributed by atoms with E-state index in [0.717, 1.165) is 5.56 Å². The Kier molecular flexibility index (Phi) is 3.85. The molecule has 0 spiro atoms. The van der Waals surface area contributed by atoms with Gasteiger partial charge in [0.25, 0.3) is 5.91 Å². The van der Waals surface area contributed by atoms with Gasteiger partial charge in [0.1, 0.15) is 11.9 Å². The third-order valence-electron chi connectivity index (χ3n) is 3.04. The van der Waals surface area contributed by atoms with Crippen LogP contribution in [0.5, 0.6) is 0 Å². The van der Waals surface area contributed by atoms with E-state index in [2.05, 4.69) is 15.4 Å². The van der Waals surface area contributed by atoms with Crippen molar-refractivity contribution in [2.45, 2.75) is 19.4 Å². The topological polar surface area (TPSA) is 69.0 Å². The first-order chi connectivity index (χ1) is 9.42. The van der Waals surface area contributed by atoms with E-state index in [9.17, 15) is 4.79 Å². The summed E-state index contributed by atoms with van der Waals surface area (Å²) < 4.78 is 6.78. The lowest BCUT2D eigenvalue weighted by Gasteiger charge is -2.21. The lowest BCUT2D eigenvalue weighted by Crippen LogP contribution is -2.38. The molecule has 2 aromatic rings. The Morgan fingerprint density at radius 3 is 2.75 bits per heavy atom. The maximum absolute atomic E-state index is 12.0. The normalized spacial score (nSPS) is 11.4. The molecule has 0 saturated carbocycles. The van der Waals surface area contributed by atoms with Crippen LogP contribution in [0.3, 0.4) is 0 Å². The lowest BCUT2D eigenvalue weighted by molar-refractivity contribution is -0.133. The molecule has 1 amide bonds. The molecule has 0 atom stereocenters. The number of hydrogen-bond acceptors (Lipinski definition) is 4. The molecular weight excluding hydrogens is 256 g/mol. The SMILES string of the molecule is COC(C)(C)C(=O)Nc1cccc(-c2ncn(C)n2)c1. The van der Waals surface area contributed by atoms with Crippen molar-refractivity contribution in [3.05, 3.63) is 30.6 Å². The third-order valence-corrected chi connectivity index (χ3v) is 3.04. The highest BCUT2D eigenvalue weighted by molar-refractivity contribution is 5.97. The van der Waals surface area contributed by atoms with Crippen LogP contribution in [0.1, 0.15) is 13.8 Å². The molecule has 1 N–H and O–H groups in total. The maximum atomic E-state index is 12.0. The number of amides is 1. The molecule has 0 radical (unpaired) electrons. The number of rotatable bonds is 4. The summed E-state index contributed by atoms with van der Waals surface area (Å²) in [5, 5.41) is 7.06. The number of aryl methyl sites for hydroxylation is 1. The summed E-state index contributed by atoms with van der Waals surface area (Å²) >= 11 is 0. The molecule has 0 aliphatic heterocycles. The van der Waals surface area contributed by atoms with E-state index in [1.165, 1.54) is 7.11 Å². The van der Waals surface area contributed by atoms with Crippen LogP contribution in [0, 0.1) is 0 Å². The van der Waals surface area contributed by atoms with Gasteiger partial charge in [0.05, 0.1) is 0 Å². The molecule has 0 aliphatic carbocycles. The minimum Gasteiger partial charge on any atom is -0.369 e. The maximum Gasteiger partial charge on any atom is 0.256 e. The van der Waals surface area contributed by atoms with Crippen molar-refractivity contribution in [1.82, 2.24) is 14.8 Å². The number of nitrogens with zero attached hydrogens (tertiary/aromatic N) is 3. The van der Waals surface area contributed by atoms with Crippen molar-refractivity contribution in [2.24, 2.45) is 7.05 Å². The summed E-state index contributed by atoms with van der Waals surface area (Å²) in [6.45, 7) is 3.43. The van der Waals surface area contributed by atoms with Crippen molar-refractivity contribution in [3.63, 3.8) is 0 Å². The van der Waals surface area contributed by atoms with E-state index < -0.39 is 5.60 Å². The monoisotopic (exact) mass is 274 g/mol. The van der Waals surface area contributed by atoms with Gasteiger partial charge >= 0.3 is 0 Å². The molecule has 0 fully saturated rings. The van der Waals surface area contributed by atoms with Gasteiger partial charge in [-0.3, -0.25) is 9.48 Å². The fourth-order valence-corrected chi connectivity index (χ4v) is 1.58. The summed E-state index contributed by atoms with van der Waals surface area (Å²) in [4.78, 5) is 16.2. The van der Waals surface area contributed by atoms with Crippen molar-refractivity contribution >= 4 is 11.6 Å². The third kappa shape index (κ3) is 3.03. The predicted octanol–water partition coefficient (Wildman–Crippen LogP) is 1.85. The van der Waals surface area contributed by atoms with Crippen molar-refractivity contribution in [3.8, 4) is 11.4 Å². The van der Waals surface area contributed by atoms with E-state index in [1.54, 1.807) is 24.9 Å². The highest BCUT2D eigenvalue weighted by atomic mass is 16.5. The minimum atomic E-state index is -0.876. The number of carbonyl (C=O) groups is 1. The Morgan fingerprint density at radius 1 is 1.40 bits per heavy atom. The van der Waals surface area contributed by atoms with Crippen LogP contribution in [0.25, 0.3) is 11.4 Å². The largest absolute Gasteiger partial charge is 0.369 e. The van der Waals surface area contributed by atoms with Gasteiger partial charge in [0, 0.05) is 25.4 Å². The molecule has 6 heteroatoms. The molecule has 0 bridgehead atoms. The van der Waals surface area contributed by atoms with Crippen LogP contribution in [0.4, 0.5) is 5.69 Å². The zero-order valence-corrected chi connectivity index (χ0v) is 12.0. The molecule has 1 heterocycles. The standard InChI is InChI=1S/C14H18N4O2/c1-14(2,20-4)13(19)16-11-7-5-6-10(8-11)12-15-9-18(3)17-12/h5-9H,1-4H3,(H,16,19). The van der Waals surface area contributed by atoms with Crippen LogP contribution in [0.2, 0.25) is 0 Å². The number of ether oxygens (including phenoxy) is 1. The van der Waals surface area contributed by atoms with Crippen LogP contribution in [0.15, 0.2) is 30.6 Å². The lowest BCUT2D eigenvalue weighted by atomic mass is 10.1. The number of aromatic nitrogens is 3. The summed E-state index contributed by atoms with van der Waals surface area (Å²) in [7, 11) is 3.32. The summed E-state index contributed by atoms with van der Waals surface area (Å²) in [5.41, 5.74) is 0.655. The molecule has 0 unspecified atom stereocenters. The van der Waals surface area contributed by atoms with Gasteiger partial charge in [-0.05, 0) is 26.0 Å². The zero-order valence-electron chi connectivity index (χ0n) is 12.0. The predicted molar refractivity (Wildman–Crippen MR) is 76.2 cm³/mol. The van der Waals surface area contributed by atoms with E-state index in [-0.39, 0.29) is 5.91 Å². The quantitative estimate of drug-likeness (QED) is 0.923. The van der Waals surface area contributed by atoms with E-state index in [1.807, 2.05) is 31.3 Å². The second-order valence-corrected chi connectivity index (χ2v) is 4.99. The minimum absolute atomic E-state index is 0.203. The first-order valence-electron chi connectivity index (χ1n) is 6.25. The molecule has 1 aromatic heterocycles. The fraction of sp³-hybridized carbons (Fsp3) is 0.357. The van der Waals surface area contributed by atoms with Crippen LogP contribution < -0.4 is 5.32 Å². The summed E-state index contributed by atoms with van der Waals surface area (Å²) in [6, 6.07) is 7.39. The van der Waals surface area contributed by atoms with Crippen LogP contribution >= 0.6 is 0 Å². The van der Waals surface area contributed by atoms with Gasteiger partial charge in [-0.2, -0.15) is 5.10 Å². The first kappa shape index (κ1) is 14.2. The van der Waals surface area contributed by atoms with Crippen molar-refractivity contribution < 1.29 is 9.53 Å². The highest BCUT2D eigenvalue weighted by Crippen LogP contribution is 2.20. The number of hydrogen-bond donors (Lipinski definition) is 1. The Morgan fingerprint density at radius 2 is 2.15 bits per heavy atom. The molecule has 1 aromatic carbocycles. The van der Waals surface area contributed by atoms with Crippen molar-refractivity contribution in [1.29, 1.82) is 0 Å². The van der Waals surface area contributed by atoms with E-state index in [0.29, 0.717) is 11.5 Å². The molecule has 20 heavy (non-hydrogen) atoms. The number of methoxy groups -OCH3 is 1. The summed E-state index contributed by atoms with van der Waals surface area (Å²) in [6.07, 6.45) is 1.63. The molecule has 0 aliphatic rings. The van der Waals surface area contributed by atoms with Gasteiger partial charge in [-0.25, -0.2) is 4.98 Å². The van der Waals surface area contributed by atoms with E-state index in [4.69, 9.17) is 4.74 Å². The number of carbonyl (C=O) groups excluding carboxylic acids is 1. The van der Waals surface area contributed by atoms with Crippen LogP contribution in [-0.4, -0.2) is 33.4 Å². The average molecular weight is 274 g/mol. The van der Waals surface area contributed by atoms with Crippen LogP contribution in [-0.2, 0) is 16.6 Å². The Hall–Kier alpha value is -2.21. The zero-order chi connectivity index (χ0) is 14.8. The molecule has 6 nitrogen and oxygen atoms in total. The number of nitrogens with one attached hydrogen (secondary N) is 1. The molecular formula is C14H18N4O2. The van der Waals surface area contributed by atoms with Crippen molar-refractivity contribution in [2.75, 3.05) is 12.4 Å². The second kappa shape index (κ2) is 5.42. The smallest absolute Gasteiger partial charge is 0.256 e. The molecule has 106 valence electrons. The fourth-order valence-electron chi connectivity index (χ4n) is 1.58. The average Bonchev–Trinajstić information content (AvgIpc) is 2.85. The highest BCUT2D eigenvalue weighted by Gasteiger charge is 2.26. The summed E-state index contributed by atoms with van der Waals surface area (Å²) in [5.74, 6) is 0.417. The second-order valence-electron chi connectivity index (χ2n) is 4.99. The van der Waals surface area contributed by atoms with Gasteiger partial charge < -0.3 is 10.1 Å². The number of anilines is 1. The van der Waals surface area contributed by atoms with Gasteiger partial charge in [0.15, 0.2) is 5.82 Å². The Balaban J connectivity index is 2.21. The van der Waals surface area contributed by atoms with E-state index >= 15 is 0 Å². The van der Waals surface area contributed by atoms with Gasteiger partial charge in [-0.15, -0.1) is 0 Å². The van der Waals surface area contributed by atoms with Gasteiger partial charge in [0.2, 0.25) is 0 Å². The molecule has 0 saturated heterocycles. The first-order valence-corrected chi connectivity index (χ1v) is 6.25. The molecule has 2 rings (SSSR count). The van der Waals surface area contributed by atoms with Gasteiger partial charge in [-0.1, -0.05) is 12.1 Å². The Labute approximate surface area is 117 Å². The Bertz CT molecular complexity index is 619. The number of benzene rings is 1.